The van der Waals surface area contributed by atoms with Gasteiger partial charge in [-0.05, 0) is 54.6 Å². The van der Waals surface area contributed by atoms with Crippen LogP contribution in [0.4, 0.5) is 5.69 Å². The molecule has 0 spiro atoms. The second-order valence-electron chi connectivity index (χ2n) is 3.32. The number of nitrogens with zero attached hydrogens (tertiary/aromatic N) is 3. The lowest BCUT2D eigenvalue weighted by molar-refractivity contribution is 0.833. The van der Waals surface area contributed by atoms with E-state index in [0.717, 1.165) is 26.6 Å². The van der Waals surface area contributed by atoms with Gasteiger partial charge in [0, 0.05) is 3.57 Å². The number of hydrogen-bond acceptors (Lipinski definition) is 3. The summed E-state index contributed by atoms with van der Waals surface area (Å²) in [5.41, 5.74) is 7.54. The summed E-state index contributed by atoms with van der Waals surface area (Å²) in [5, 5.41) is 4.29. The molecule has 1 aromatic heterocycles. The first-order chi connectivity index (χ1) is 7.08. The summed E-state index contributed by atoms with van der Waals surface area (Å²) in [6.07, 6.45) is 0. The molecule has 1 aromatic carbocycles. The number of aromatic nitrogens is 3. The first-order valence-electron chi connectivity index (χ1n) is 4.53. The van der Waals surface area contributed by atoms with Gasteiger partial charge < -0.3 is 5.73 Å². The minimum absolute atomic E-state index is 0.718. The van der Waals surface area contributed by atoms with Crippen molar-refractivity contribution in [1.29, 1.82) is 0 Å². The first-order valence-corrected chi connectivity index (χ1v) is 5.61. The summed E-state index contributed by atoms with van der Waals surface area (Å²) in [7, 11) is 0. The van der Waals surface area contributed by atoms with Gasteiger partial charge in [0.1, 0.15) is 11.6 Å². The quantitative estimate of drug-likeness (QED) is 0.647. The van der Waals surface area contributed by atoms with E-state index >= 15 is 0 Å². The molecule has 1 heterocycles. The highest BCUT2D eigenvalue weighted by molar-refractivity contribution is 14.1. The van der Waals surface area contributed by atoms with Gasteiger partial charge >= 0.3 is 0 Å². The molecule has 0 aliphatic carbocycles. The molecule has 0 bridgehead atoms. The monoisotopic (exact) mass is 314 g/mol. The Bertz CT molecular complexity index is 504. The largest absolute Gasteiger partial charge is 0.397 e. The van der Waals surface area contributed by atoms with Crippen LogP contribution >= 0.6 is 22.6 Å². The molecule has 4 nitrogen and oxygen atoms in total. The van der Waals surface area contributed by atoms with Gasteiger partial charge in [-0.3, -0.25) is 0 Å². The Labute approximate surface area is 102 Å². The molecule has 0 radical (unpaired) electrons. The van der Waals surface area contributed by atoms with Crippen molar-refractivity contribution >= 4 is 28.3 Å². The average molecular weight is 314 g/mol. The van der Waals surface area contributed by atoms with Crippen molar-refractivity contribution in [2.24, 2.45) is 0 Å². The van der Waals surface area contributed by atoms with E-state index in [1.165, 1.54) is 0 Å². The van der Waals surface area contributed by atoms with E-state index in [1.807, 2.05) is 32.0 Å². The highest BCUT2D eigenvalue weighted by Gasteiger charge is 2.08. The van der Waals surface area contributed by atoms with Crippen LogP contribution in [0.1, 0.15) is 11.6 Å². The van der Waals surface area contributed by atoms with Gasteiger partial charge in [-0.25, -0.2) is 9.67 Å². The fourth-order valence-electron chi connectivity index (χ4n) is 1.47. The zero-order chi connectivity index (χ0) is 11.0. The van der Waals surface area contributed by atoms with Gasteiger partial charge in [-0.1, -0.05) is 0 Å². The van der Waals surface area contributed by atoms with Crippen LogP contribution in [0.2, 0.25) is 0 Å². The van der Waals surface area contributed by atoms with Crippen LogP contribution in [-0.2, 0) is 0 Å². The van der Waals surface area contributed by atoms with Crippen LogP contribution < -0.4 is 5.73 Å². The molecular formula is C10H11IN4. The van der Waals surface area contributed by atoms with Crippen molar-refractivity contribution in [2.45, 2.75) is 13.8 Å². The number of nitrogen functional groups attached to an aromatic ring is 1. The maximum absolute atomic E-state index is 5.94. The predicted molar refractivity (Wildman–Crippen MR) is 68.0 cm³/mol. The number of hydrogen-bond donors (Lipinski definition) is 1. The number of rotatable bonds is 1. The zero-order valence-corrected chi connectivity index (χ0v) is 10.7. The summed E-state index contributed by atoms with van der Waals surface area (Å²) in [5.74, 6) is 1.60. The number of nitrogens with two attached hydrogens (primary N) is 1. The van der Waals surface area contributed by atoms with Gasteiger partial charge in [0.15, 0.2) is 0 Å². The zero-order valence-electron chi connectivity index (χ0n) is 8.53. The lowest BCUT2D eigenvalue weighted by atomic mass is 10.3. The van der Waals surface area contributed by atoms with Gasteiger partial charge in [-0.2, -0.15) is 5.10 Å². The second-order valence-corrected chi connectivity index (χ2v) is 4.57. The van der Waals surface area contributed by atoms with E-state index in [1.54, 1.807) is 4.68 Å². The number of halogens is 1. The first kappa shape index (κ1) is 10.4. The number of anilines is 1. The Morgan fingerprint density at radius 1 is 1.33 bits per heavy atom. The van der Waals surface area contributed by atoms with Gasteiger partial charge in [-0.15, -0.1) is 0 Å². The van der Waals surface area contributed by atoms with E-state index in [9.17, 15) is 0 Å². The Morgan fingerprint density at radius 3 is 2.60 bits per heavy atom. The van der Waals surface area contributed by atoms with Crippen LogP contribution in [0.25, 0.3) is 5.69 Å². The molecule has 2 aromatic rings. The number of benzene rings is 1. The van der Waals surface area contributed by atoms with Gasteiger partial charge in [0.05, 0.1) is 11.4 Å². The van der Waals surface area contributed by atoms with Crippen LogP contribution in [0.15, 0.2) is 18.2 Å². The minimum atomic E-state index is 0.718. The molecule has 0 saturated heterocycles. The van der Waals surface area contributed by atoms with Crippen LogP contribution in [-0.4, -0.2) is 14.8 Å². The van der Waals surface area contributed by atoms with Crippen molar-refractivity contribution in [2.75, 3.05) is 5.73 Å². The van der Waals surface area contributed by atoms with Gasteiger partial charge in [0.2, 0.25) is 0 Å². The Balaban J connectivity index is 2.59. The standard InChI is InChI=1S/C10H11IN4/c1-6-13-7(2)15(14-6)10-4-3-8(11)5-9(10)12/h3-5H,12H2,1-2H3. The van der Waals surface area contributed by atoms with E-state index in [2.05, 4.69) is 32.7 Å². The second kappa shape index (κ2) is 3.80. The normalized spacial score (nSPS) is 10.6. The Morgan fingerprint density at radius 2 is 2.07 bits per heavy atom. The molecule has 78 valence electrons. The third-order valence-corrected chi connectivity index (χ3v) is 2.76. The van der Waals surface area contributed by atoms with E-state index in [0.29, 0.717) is 0 Å². The SMILES string of the molecule is Cc1nc(C)n(-c2ccc(I)cc2N)n1. The molecule has 2 N–H and O–H groups in total. The third-order valence-electron chi connectivity index (χ3n) is 2.09. The summed E-state index contributed by atoms with van der Waals surface area (Å²) < 4.78 is 2.88. The molecule has 15 heavy (non-hydrogen) atoms. The lowest BCUT2D eigenvalue weighted by Crippen LogP contribution is -2.03. The molecule has 2 rings (SSSR count). The Hall–Kier alpha value is -1.11. The molecule has 0 amide bonds. The van der Waals surface area contributed by atoms with Crippen molar-refractivity contribution in [3.8, 4) is 5.69 Å². The highest BCUT2D eigenvalue weighted by atomic mass is 127. The topological polar surface area (TPSA) is 56.7 Å². The summed E-state index contributed by atoms with van der Waals surface area (Å²) in [6, 6.07) is 5.88. The lowest BCUT2D eigenvalue weighted by Gasteiger charge is -2.06. The average Bonchev–Trinajstić information content (AvgIpc) is 2.45. The fourth-order valence-corrected chi connectivity index (χ4v) is 1.98. The summed E-state index contributed by atoms with van der Waals surface area (Å²) >= 11 is 2.23. The molecule has 0 saturated carbocycles. The van der Waals surface area contributed by atoms with Crippen molar-refractivity contribution in [3.05, 3.63) is 33.4 Å². The van der Waals surface area contributed by atoms with Crippen LogP contribution in [0, 0.1) is 17.4 Å². The summed E-state index contributed by atoms with van der Waals surface area (Å²) in [4.78, 5) is 4.25. The molecule has 5 heteroatoms. The fraction of sp³-hybridized carbons (Fsp3) is 0.200. The van der Waals surface area contributed by atoms with Gasteiger partial charge in [0.25, 0.3) is 0 Å². The van der Waals surface area contributed by atoms with E-state index in [-0.39, 0.29) is 0 Å². The minimum Gasteiger partial charge on any atom is -0.397 e. The van der Waals surface area contributed by atoms with Crippen molar-refractivity contribution in [3.63, 3.8) is 0 Å². The molecular weight excluding hydrogens is 303 g/mol. The Kier molecular flexibility index (Phi) is 2.64. The van der Waals surface area contributed by atoms with Crippen molar-refractivity contribution < 1.29 is 0 Å². The third kappa shape index (κ3) is 1.97. The highest BCUT2D eigenvalue weighted by Crippen LogP contribution is 2.20. The number of aryl methyl sites for hydroxylation is 2. The molecule has 0 fully saturated rings. The maximum Gasteiger partial charge on any atom is 0.148 e. The van der Waals surface area contributed by atoms with Crippen LogP contribution in [0.3, 0.4) is 0 Å². The van der Waals surface area contributed by atoms with Crippen molar-refractivity contribution in [1.82, 2.24) is 14.8 Å². The van der Waals surface area contributed by atoms with E-state index in [4.69, 9.17) is 5.73 Å². The molecule has 0 unspecified atom stereocenters. The van der Waals surface area contributed by atoms with Crippen LogP contribution in [0.5, 0.6) is 0 Å². The maximum atomic E-state index is 5.94. The predicted octanol–water partition coefficient (Wildman–Crippen LogP) is 2.07. The molecule has 0 aliphatic heterocycles. The van der Waals surface area contributed by atoms with E-state index < -0.39 is 0 Å². The molecule has 0 atom stereocenters. The summed E-state index contributed by atoms with van der Waals surface area (Å²) in [6.45, 7) is 3.78. The molecule has 0 aliphatic rings. The smallest absolute Gasteiger partial charge is 0.148 e.